The van der Waals surface area contributed by atoms with Gasteiger partial charge in [0.05, 0.1) is 6.54 Å². The van der Waals surface area contributed by atoms with E-state index in [4.69, 9.17) is 4.74 Å². The lowest BCUT2D eigenvalue weighted by molar-refractivity contribution is -0.123. The third-order valence-electron chi connectivity index (χ3n) is 5.36. The molecule has 0 atom stereocenters. The molecule has 0 aromatic heterocycles. The number of rotatable bonds is 4. The summed E-state index contributed by atoms with van der Waals surface area (Å²) in [6.45, 7) is 6.64. The maximum absolute atomic E-state index is 13.3. The second-order valence-electron chi connectivity index (χ2n) is 8.64. The van der Waals surface area contributed by atoms with E-state index < -0.39 is 12.0 Å². The Balaban J connectivity index is 1.78. The van der Waals surface area contributed by atoms with E-state index in [9.17, 15) is 9.59 Å². The average molecular weight is 412 g/mol. The number of cyclic esters (lactones) is 1. The third-order valence-corrected chi connectivity index (χ3v) is 5.36. The lowest BCUT2D eigenvalue weighted by Gasteiger charge is -2.19. The van der Waals surface area contributed by atoms with E-state index >= 15 is 0 Å². The highest BCUT2D eigenvalue weighted by molar-refractivity contribution is 6.13. The van der Waals surface area contributed by atoms with Crippen LogP contribution in [0.1, 0.15) is 43.0 Å². The van der Waals surface area contributed by atoms with Gasteiger partial charge in [-0.3, -0.25) is 4.79 Å². The number of benzene rings is 3. The SMILES string of the molecule is CC(C)(C)c1ccc(C(=C2OC(=O)N(Cc3ccccc3)C2=O)c2ccccc2)cc1. The van der Waals surface area contributed by atoms with E-state index in [1.165, 1.54) is 5.56 Å². The van der Waals surface area contributed by atoms with Crippen LogP contribution in [0.5, 0.6) is 0 Å². The molecule has 2 amide bonds. The van der Waals surface area contributed by atoms with Crippen LogP contribution in [0.4, 0.5) is 4.79 Å². The van der Waals surface area contributed by atoms with Crippen molar-refractivity contribution in [1.82, 2.24) is 4.90 Å². The Morgan fingerprint density at radius 1 is 0.774 bits per heavy atom. The summed E-state index contributed by atoms with van der Waals surface area (Å²) >= 11 is 0. The van der Waals surface area contributed by atoms with Crippen LogP contribution in [0.15, 0.2) is 90.7 Å². The van der Waals surface area contributed by atoms with E-state index in [1.807, 2.05) is 72.8 Å². The summed E-state index contributed by atoms with van der Waals surface area (Å²) in [5, 5.41) is 0. The minimum Gasteiger partial charge on any atom is -0.403 e. The van der Waals surface area contributed by atoms with E-state index in [-0.39, 0.29) is 17.7 Å². The molecule has 0 aliphatic carbocycles. The molecule has 3 aromatic rings. The highest BCUT2D eigenvalue weighted by Gasteiger charge is 2.39. The second-order valence-corrected chi connectivity index (χ2v) is 8.64. The van der Waals surface area contributed by atoms with Crippen LogP contribution in [0.25, 0.3) is 5.57 Å². The van der Waals surface area contributed by atoms with Gasteiger partial charge in [0.1, 0.15) is 0 Å². The quantitative estimate of drug-likeness (QED) is 0.501. The lowest BCUT2D eigenvalue weighted by Crippen LogP contribution is -2.28. The van der Waals surface area contributed by atoms with Crippen molar-refractivity contribution in [2.75, 3.05) is 0 Å². The summed E-state index contributed by atoms with van der Waals surface area (Å²) in [4.78, 5) is 27.0. The zero-order chi connectivity index (χ0) is 22.0. The predicted molar refractivity (Wildman–Crippen MR) is 121 cm³/mol. The molecule has 3 aromatic carbocycles. The van der Waals surface area contributed by atoms with Gasteiger partial charge in [-0.1, -0.05) is 106 Å². The number of hydrogen-bond acceptors (Lipinski definition) is 3. The molecular formula is C27H25NO3. The Morgan fingerprint density at radius 2 is 1.32 bits per heavy atom. The van der Waals surface area contributed by atoms with Crippen molar-refractivity contribution in [3.8, 4) is 0 Å². The molecule has 4 heteroatoms. The molecule has 4 rings (SSSR count). The molecule has 156 valence electrons. The summed E-state index contributed by atoms with van der Waals surface area (Å²) in [5.41, 5.74) is 4.34. The summed E-state index contributed by atoms with van der Waals surface area (Å²) < 4.78 is 5.54. The molecule has 0 N–H and O–H groups in total. The molecule has 0 radical (unpaired) electrons. The van der Waals surface area contributed by atoms with Crippen molar-refractivity contribution in [2.24, 2.45) is 0 Å². The molecule has 0 bridgehead atoms. The fourth-order valence-electron chi connectivity index (χ4n) is 3.62. The Bertz CT molecular complexity index is 1120. The molecule has 0 unspecified atom stereocenters. The van der Waals surface area contributed by atoms with Crippen molar-refractivity contribution in [1.29, 1.82) is 0 Å². The van der Waals surface area contributed by atoms with E-state index in [1.54, 1.807) is 0 Å². The van der Waals surface area contributed by atoms with E-state index in [2.05, 4.69) is 32.9 Å². The number of amides is 2. The van der Waals surface area contributed by atoms with Gasteiger partial charge < -0.3 is 4.74 Å². The number of carbonyl (C=O) groups excluding carboxylic acids is 2. The number of nitrogens with zero attached hydrogens (tertiary/aromatic N) is 1. The molecule has 4 nitrogen and oxygen atoms in total. The van der Waals surface area contributed by atoms with Gasteiger partial charge in [-0.25, -0.2) is 9.69 Å². The van der Waals surface area contributed by atoms with Crippen LogP contribution in [-0.4, -0.2) is 16.9 Å². The fourth-order valence-corrected chi connectivity index (χ4v) is 3.62. The van der Waals surface area contributed by atoms with Gasteiger partial charge in [0.15, 0.2) is 0 Å². The standard InChI is InChI=1S/C27H25NO3/c1-27(2,3)22-16-14-21(15-17-22)23(20-12-8-5-9-13-20)24-25(29)28(26(30)31-24)18-19-10-6-4-7-11-19/h4-17H,18H2,1-3H3. The Kier molecular flexibility index (Phi) is 5.47. The maximum atomic E-state index is 13.3. The second kappa shape index (κ2) is 8.23. The average Bonchev–Trinajstić information content (AvgIpc) is 3.03. The Labute approximate surface area is 182 Å². The molecule has 1 fully saturated rings. The van der Waals surface area contributed by atoms with Gasteiger partial charge in [-0.2, -0.15) is 0 Å². The summed E-state index contributed by atoms with van der Waals surface area (Å²) in [6, 6.07) is 27.1. The van der Waals surface area contributed by atoms with Gasteiger partial charge in [0, 0.05) is 5.57 Å². The van der Waals surface area contributed by atoms with Crippen molar-refractivity contribution in [3.05, 3.63) is 113 Å². The predicted octanol–water partition coefficient (Wildman–Crippen LogP) is 5.92. The van der Waals surface area contributed by atoms with E-state index in [0.29, 0.717) is 5.57 Å². The monoisotopic (exact) mass is 411 g/mol. The van der Waals surface area contributed by atoms with Crippen LogP contribution in [0.2, 0.25) is 0 Å². The summed E-state index contributed by atoms with van der Waals surface area (Å²) in [6.07, 6.45) is -0.649. The van der Waals surface area contributed by atoms with Crippen LogP contribution in [-0.2, 0) is 21.5 Å². The van der Waals surface area contributed by atoms with Crippen LogP contribution >= 0.6 is 0 Å². The van der Waals surface area contributed by atoms with Gasteiger partial charge in [-0.05, 0) is 27.7 Å². The zero-order valence-corrected chi connectivity index (χ0v) is 18.0. The van der Waals surface area contributed by atoms with Gasteiger partial charge >= 0.3 is 6.09 Å². The molecule has 1 aliphatic rings. The minimum atomic E-state index is -0.649. The Morgan fingerprint density at radius 3 is 1.90 bits per heavy atom. The lowest BCUT2D eigenvalue weighted by atomic mass is 9.85. The number of imide groups is 1. The number of carbonyl (C=O) groups is 2. The van der Waals surface area contributed by atoms with Crippen molar-refractivity contribution < 1.29 is 14.3 Å². The molecule has 1 saturated heterocycles. The van der Waals surface area contributed by atoms with Crippen molar-refractivity contribution in [3.63, 3.8) is 0 Å². The smallest absolute Gasteiger partial charge is 0.403 e. The highest BCUT2D eigenvalue weighted by Crippen LogP contribution is 2.34. The number of hydrogen-bond donors (Lipinski definition) is 0. The molecule has 0 saturated carbocycles. The van der Waals surface area contributed by atoms with Crippen LogP contribution in [0.3, 0.4) is 0 Å². The van der Waals surface area contributed by atoms with Gasteiger partial charge in [0.25, 0.3) is 5.91 Å². The first-order valence-corrected chi connectivity index (χ1v) is 10.3. The first-order valence-electron chi connectivity index (χ1n) is 10.3. The Hall–Kier alpha value is -3.66. The van der Waals surface area contributed by atoms with E-state index in [0.717, 1.165) is 21.6 Å². The normalized spacial score (nSPS) is 15.8. The zero-order valence-electron chi connectivity index (χ0n) is 18.0. The minimum absolute atomic E-state index is 0.0146. The fraction of sp³-hybridized carbons (Fsp3) is 0.185. The first kappa shape index (κ1) is 20.6. The van der Waals surface area contributed by atoms with Crippen LogP contribution in [0, 0.1) is 0 Å². The largest absolute Gasteiger partial charge is 0.422 e. The van der Waals surface area contributed by atoms with Gasteiger partial charge in [0.2, 0.25) is 5.76 Å². The van der Waals surface area contributed by atoms with Crippen molar-refractivity contribution >= 4 is 17.6 Å². The molecule has 0 spiro atoms. The number of ether oxygens (including phenoxy) is 1. The highest BCUT2D eigenvalue weighted by atomic mass is 16.6. The summed E-state index contributed by atoms with van der Waals surface area (Å²) in [7, 11) is 0. The molecule has 31 heavy (non-hydrogen) atoms. The topological polar surface area (TPSA) is 46.6 Å². The summed E-state index contributed by atoms with van der Waals surface area (Å²) in [5.74, 6) is -0.358. The molecular weight excluding hydrogens is 386 g/mol. The van der Waals surface area contributed by atoms with Crippen molar-refractivity contribution in [2.45, 2.75) is 32.7 Å². The molecule has 1 aliphatic heterocycles. The maximum Gasteiger partial charge on any atom is 0.422 e. The molecule has 1 heterocycles. The van der Waals surface area contributed by atoms with Crippen LogP contribution < -0.4 is 0 Å². The van der Waals surface area contributed by atoms with Gasteiger partial charge in [-0.15, -0.1) is 0 Å². The third kappa shape index (κ3) is 4.29. The first-order chi connectivity index (χ1) is 14.8.